The highest BCUT2D eigenvalue weighted by Gasteiger charge is 2.43. The number of hydrogen-bond acceptors (Lipinski definition) is 1. The summed E-state index contributed by atoms with van der Waals surface area (Å²) in [6.07, 6.45) is -2.70. The fourth-order valence-electron chi connectivity index (χ4n) is 2.20. The minimum atomic E-state index is -4.19. The second-order valence-electron chi connectivity index (χ2n) is 5.10. The lowest BCUT2D eigenvalue weighted by molar-refractivity contribution is -0.184. The van der Waals surface area contributed by atoms with Crippen LogP contribution in [0.3, 0.4) is 0 Å². The van der Waals surface area contributed by atoms with E-state index >= 15 is 0 Å². The topological polar surface area (TPSA) is 32.3 Å². The number of carbonyl (C=O) groups is 1. The second kappa shape index (κ2) is 4.38. The summed E-state index contributed by atoms with van der Waals surface area (Å²) < 4.78 is 37.7. The molecular formula is C11H17F3N2O. The van der Waals surface area contributed by atoms with Gasteiger partial charge in [-0.3, -0.25) is 0 Å². The average molecular weight is 250 g/mol. The normalized spacial score (nSPS) is 33.4. The Hall–Kier alpha value is -0.940. The molecule has 3 atom stereocenters. The highest BCUT2D eigenvalue weighted by atomic mass is 19.4. The number of halogens is 3. The lowest BCUT2D eigenvalue weighted by atomic mass is 9.98. The Balaban J connectivity index is 1.86. The van der Waals surface area contributed by atoms with Crippen LogP contribution in [0.15, 0.2) is 0 Å². The molecule has 17 heavy (non-hydrogen) atoms. The molecule has 2 rings (SSSR count). The standard InChI is InChI=1S/C11H17F3N2O/c1-7-5-9(7)15-10(17)16-4-2-3-8(6-16)11(12,13)14/h7-9H,2-6H2,1H3,(H,15,17)/t7-,8-,9+/m1/s1. The van der Waals surface area contributed by atoms with Crippen LogP contribution in [0, 0.1) is 11.8 Å². The van der Waals surface area contributed by atoms with Crippen LogP contribution in [0.4, 0.5) is 18.0 Å². The number of nitrogens with one attached hydrogen (secondary N) is 1. The van der Waals surface area contributed by atoms with Gasteiger partial charge >= 0.3 is 12.2 Å². The quantitative estimate of drug-likeness (QED) is 0.761. The maximum Gasteiger partial charge on any atom is 0.393 e. The molecule has 0 aromatic heterocycles. The number of likely N-dealkylation sites (tertiary alicyclic amines) is 1. The summed E-state index contributed by atoms with van der Waals surface area (Å²) in [4.78, 5) is 13.0. The average Bonchev–Trinajstić information content (AvgIpc) is 2.93. The first-order valence-electron chi connectivity index (χ1n) is 6.00. The van der Waals surface area contributed by atoms with E-state index in [1.165, 1.54) is 4.90 Å². The summed E-state index contributed by atoms with van der Waals surface area (Å²) in [7, 11) is 0. The van der Waals surface area contributed by atoms with Crippen LogP contribution in [0.25, 0.3) is 0 Å². The van der Waals surface area contributed by atoms with Crippen molar-refractivity contribution in [3.63, 3.8) is 0 Å². The molecule has 1 aliphatic carbocycles. The van der Waals surface area contributed by atoms with Gasteiger partial charge in [-0.2, -0.15) is 13.2 Å². The Kier molecular flexibility index (Phi) is 3.23. The minimum absolute atomic E-state index is 0.132. The van der Waals surface area contributed by atoms with Gasteiger partial charge in [0.15, 0.2) is 0 Å². The van der Waals surface area contributed by atoms with E-state index in [-0.39, 0.29) is 25.0 Å². The van der Waals surface area contributed by atoms with Crippen LogP contribution < -0.4 is 5.32 Å². The summed E-state index contributed by atoms with van der Waals surface area (Å²) in [6.45, 7) is 2.25. The zero-order chi connectivity index (χ0) is 12.6. The minimum Gasteiger partial charge on any atom is -0.335 e. The molecule has 1 heterocycles. The van der Waals surface area contributed by atoms with E-state index in [9.17, 15) is 18.0 Å². The fourth-order valence-corrected chi connectivity index (χ4v) is 2.20. The molecule has 3 nitrogen and oxygen atoms in total. The third kappa shape index (κ3) is 3.04. The number of rotatable bonds is 1. The first kappa shape index (κ1) is 12.5. The van der Waals surface area contributed by atoms with Crippen LogP contribution in [0.5, 0.6) is 0 Å². The maximum atomic E-state index is 12.6. The molecule has 1 N–H and O–H groups in total. The second-order valence-corrected chi connectivity index (χ2v) is 5.10. The van der Waals surface area contributed by atoms with Gasteiger partial charge in [-0.05, 0) is 25.2 Å². The molecule has 0 spiro atoms. The molecule has 2 fully saturated rings. The Morgan fingerprint density at radius 3 is 2.59 bits per heavy atom. The smallest absolute Gasteiger partial charge is 0.335 e. The molecule has 0 bridgehead atoms. The summed E-state index contributed by atoms with van der Waals surface area (Å²) in [6, 6.07) is -0.179. The zero-order valence-electron chi connectivity index (χ0n) is 9.76. The van der Waals surface area contributed by atoms with E-state index in [1.807, 2.05) is 6.92 Å². The van der Waals surface area contributed by atoms with Gasteiger partial charge in [0.25, 0.3) is 0 Å². The van der Waals surface area contributed by atoms with Crippen LogP contribution >= 0.6 is 0 Å². The number of piperidine rings is 1. The van der Waals surface area contributed by atoms with Gasteiger partial charge in [0.2, 0.25) is 0 Å². The fraction of sp³-hybridized carbons (Fsp3) is 0.909. The van der Waals surface area contributed by atoms with E-state index in [2.05, 4.69) is 5.32 Å². The predicted octanol–water partition coefficient (Wildman–Crippen LogP) is 2.38. The van der Waals surface area contributed by atoms with Crippen LogP contribution in [-0.2, 0) is 0 Å². The molecule has 2 amide bonds. The van der Waals surface area contributed by atoms with Crippen molar-refractivity contribution >= 4 is 6.03 Å². The molecular weight excluding hydrogens is 233 g/mol. The Bertz CT molecular complexity index is 306. The molecule has 98 valence electrons. The van der Waals surface area contributed by atoms with E-state index in [1.54, 1.807) is 0 Å². The van der Waals surface area contributed by atoms with Crippen molar-refractivity contribution in [1.29, 1.82) is 0 Å². The number of carbonyl (C=O) groups excluding carboxylic acids is 1. The largest absolute Gasteiger partial charge is 0.393 e. The Morgan fingerprint density at radius 2 is 2.06 bits per heavy atom. The molecule has 6 heteroatoms. The van der Waals surface area contributed by atoms with Gasteiger partial charge < -0.3 is 10.2 Å². The van der Waals surface area contributed by atoms with E-state index in [4.69, 9.17) is 0 Å². The van der Waals surface area contributed by atoms with Gasteiger partial charge in [-0.1, -0.05) is 6.92 Å². The van der Waals surface area contributed by atoms with Gasteiger partial charge in [-0.15, -0.1) is 0 Å². The molecule has 0 radical (unpaired) electrons. The van der Waals surface area contributed by atoms with E-state index in [0.29, 0.717) is 18.9 Å². The predicted molar refractivity (Wildman–Crippen MR) is 56.5 cm³/mol. The number of nitrogens with zero attached hydrogens (tertiary/aromatic N) is 1. The Labute approximate surface area is 98.3 Å². The monoisotopic (exact) mass is 250 g/mol. The van der Waals surface area contributed by atoms with Crippen molar-refractivity contribution in [1.82, 2.24) is 10.2 Å². The number of amides is 2. The third-order valence-electron chi connectivity index (χ3n) is 3.59. The summed E-state index contributed by atoms with van der Waals surface area (Å²) in [5, 5.41) is 2.76. The van der Waals surface area contributed by atoms with Crippen LogP contribution in [0.1, 0.15) is 26.2 Å². The molecule has 1 aliphatic heterocycles. The lowest BCUT2D eigenvalue weighted by Gasteiger charge is -2.33. The molecule has 1 saturated heterocycles. The van der Waals surface area contributed by atoms with E-state index < -0.39 is 12.1 Å². The summed E-state index contributed by atoms with van der Waals surface area (Å²) in [5.41, 5.74) is 0. The van der Waals surface area contributed by atoms with Crippen molar-refractivity contribution in [3.8, 4) is 0 Å². The summed E-state index contributed by atoms with van der Waals surface area (Å²) in [5.74, 6) is -0.902. The highest BCUT2D eigenvalue weighted by molar-refractivity contribution is 5.75. The van der Waals surface area contributed by atoms with Crippen LogP contribution in [0.2, 0.25) is 0 Å². The third-order valence-corrected chi connectivity index (χ3v) is 3.59. The number of alkyl halides is 3. The van der Waals surface area contributed by atoms with Gasteiger partial charge in [0.05, 0.1) is 5.92 Å². The first-order chi connectivity index (χ1) is 7.88. The SMILES string of the molecule is C[C@@H]1C[C@@H]1NC(=O)N1CCC[C@@H](C(F)(F)F)C1. The molecule has 0 aromatic rings. The highest BCUT2D eigenvalue weighted by Crippen LogP contribution is 2.34. The van der Waals surface area contributed by atoms with Gasteiger partial charge in [0, 0.05) is 19.1 Å². The number of hydrogen-bond donors (Lipinski definition) is 1. The molecule has 0 aromatic carbocycles. The van der Waals surface area contributed by atoms with E-state index in [0.717, 1.165) is 6.42 Å². The van der Waals surface area contributed by atoms with Crippen molar-refractivity contribution in [2.45, 2.75) is 38.4 Å². The Morgan fingerprint density at radius 1 is 1.41 bits per heavy atom. The van der Waals surface area contributed by atoms with Crippen molar-refractivity contribution in [3.05, 3.63) is 0 Å². The van der Waals surface area contributed by atoms with Gasteiger partial charge in [-0.25, -0.2) is 4.79 Å². The number of urea groups is 1. The molecule has 0 unspecified atom stereocenters. The zero-order valence-corrected chi connectivity index (χ0v) is 9.76. The molecule has 2 aliphatic rings. The van der Waals surface area contributed by atoms with Crippen molar-refractivity contribution < 1.29 is 18.0 Å². The first-order valence-corrected chi connectivity index (χ1v) is 6.00. The van der Waals surface area contributed by atoms with Crippen molar-refractivity contribution in [2.75, 3.05) is 13.1 Å². The maximum absolute atomic E-state index is 12.6. The molecule has 1 saturated carbocycles. The summed E-state index contributed by atoms with van der Waals surface area (Å²) >= 11 is 0. The van der Waals surface area contributed by atoms with Crippen LogP contribution in [-0.4, -0.2) is 36.2 Å². The van der Waals surface area contributed by atoms with Gasteiger partial charge in [0.1, 0.15) is 0 Å². The van der Waals surface area contributed by atoms with Crippen molar-refractivity contribution in [2.24, 2.45) is 11.8 Å². The lowest BCUT2D eigenvalue weighted by Crippen LogP contribution is -2.49.